The summed E-state index contributed by atoms with van der Waals surface area (Å²) in [6, 6.07) is 6.57. The fourth-order valence-corrected chi connectivity index (χ4v) is 1.59. The van der Waals surface area contributed by atoms with Crippen LogP contribution in [0.15, 0.2) is 24.4 Å². The molecule has 1 aromatic carbocycles. The highest BCUT2D eigenvalue weighted by Crippen LogP contribution is 2.20. The summed E-state index contributed by atoms with van der Waals surface area (Å²) in [6.45, 7) is 4.29. The van der Waals surface area contributed by atoms with Crippen molar-refractivity contribution in [1.82, 2.24) is 4.57 Å². The smallest absolute Gasteiger partial charge is 0.0219 e. The van der Waals surface area contributed by atoms with E-state index in [0.29, 0.717) is 0 Å². The van der Waals surface area contributed by atoms with E-state index >= 15 is 0 Å². The van der Waals surface area contributed by atoms with Gasteiger partial charge in [0.2, 0.25) is 0 Å². The fraction of sp³-hybridized carbons (Fsp3) is 0.273. The van der Waals surface area contributed by atoms with E-state index in [9.17, 15) is 0 Å². The molecule has 12 heavy (non-hydrogen) atoms. The zero-order valence-corrected chi connectivity index (χ0v) is 7.76. The maximum atomic E-state index is 2.24. The van der Waals surface area contributed by atoms with Crippen molar-refractivity contribution < 1.29 is 0 Å². The molecule has 1 heterocycles. The van der Waals surface area contributed by atoms with E-state index in [-0.39, 0.29) is 0 Å². The molecule has 2 aromatic rings. The van der Waals surface area contributed by atoms with Gasteiger partial charge in [0, 0.05) is 24.3 Å². The highest BCUT2D eigenvalue weighted by molar-refractivity contribution is 5.85. The Hall–Kier alpha value is -1.24. The Balaban J connectivity index is 2.88. The number of rotatable bonds is 0. The van der Waals surface area contributed by atoms with E-state index in [2.05, 4.69) is 49.9 Å². The number of aromatic nitrogens is 1. The molecule has 0 saturated heterocycles. The Morgan fingerprint density at radius 2 is 1.92 bits per heavy atom. The summed E-state index contributed by atoms with van der Waals surface area (Å²) in [6.07, 6.45) is 2.17. The van der Waals surface area contributed by atoms with E-state index in [0.717, 1.165) is 0 Å². The normalized spacial score (nSPS) is 10.9. The number of benzene rings is 1. The monoisotopic (exact) mass is 159 g/mol. The van der Waals surface area contributed by atoms with Gasteiger partial charge in [-0.25, -0.2) is 0 Å². The van der Waals surface area contributed by atoms with Gasteiger partial charge in [0.15, 0.2) is 0 Å². The Morgan fingerprint density at radius 1 is 1.17 bits per heavy atom. The van der Waals surface area contributed by atoms with Crippen LogP contribution < -0.4 is 0 Å². The molecule has 0 aliphatic heterocycles. The molecule has 0 atom stereocenters. The van der Waals surface area contributed by atoms with Crippen LogP contribution in [-0.4, -0.2) is 4.57 Å². The van der Waals surface area contributed by atoms with Crippen LogP contribution in [0.25, 0.3) is 10.8 Å². The Bertz CT molecular complexity index is 424. The molecule has 0 N–H and O–H groups in total. The zero-order valence-electron chi connectivity index (χ0n) is 7.76. The molecule has 0 unspecified atom stereocenters. The highest BCUT2D eigenvalue weighted by atomic mass is 14.9. The van der Waals surface area contributed by atoms with Gasteiger partial charge in [0.05, 0.1) is 0 Å². The van der Waals surface area contributed by atoms with Gasteiger partial charge in [-0.15, -0.1) is 0 Å². The van der Waals surface area contributed by atoms with E-state index < -0.39 is 0 Å². The first-order valence-electron chi connectivity index (χ1n) is 4.21. The molecular weight excluding hydrogens is 146 g/mol. The van der Waals surface area contributed by atoms with Crippen LogP contribution in [0.2, 0.25) is 0 Å². The van der Waals surface area contributed by atoms with Crippen molar-refractivity contribution in [3.05, 3.63) is 35.7 Å². The molecule has 0 aliphatic carbocycles. The van der Waals surface area contributed by atoms with Crippen molar-refractivity contribution in [2.45, 2.75) is 13.8 Å². The molecule has 0 bridgehead atoms. The molecule has 62 valence electrons. The minimum Gasteiger partial charge on any atom is -0.353 e. The van der Waals surface area contributed by atoms with Crippen molar-refractivity contribution in [2.24, 2.45) is 7.05 Å². The second-order valence-electron chi connectivity index (χ2n) is 3.42. The Labute approximate surface area is 72.6 Å². The number of fused-ring (bicyclic) bond motifs is 1. The van der Waals surface area contributed by atoms with E-state index in [4.69, 9.17) is 0 Å². The molecule has 2 rings (SSSR count). The lowest BCUT2D eigenvalue weighted by Gasteiger charge is -1.95. The van der Waals surface area contributed by atoms with Crippen LogP contribution in [0.5, 0.6) is 0 Å². The standard InChI is InChI=1S/C11H13N/c1-8-4-5-10-7-12(3)9(2)11(10)6-8/h4-7H,1-3H3. The summed E-state index contributed by atoms with van der Waals surface area (Å²) in [5, 5.41) is 2.71. The average molecular weight is 159 g/mol. The summed E-state index contributed by atoms with van der Waals surface area (Å²) in [7, 11) is 2.09. The summed E-state index contributed by atoms with van der Waals surface area (Å²) >= 11 is 0. The lowest BCUT2D eigenvalue weighted by atomic mass is 10.1. The fourth-order valence-electron chi connectivity index (χ4n) is 1.59. The molecule has 0 aliphatic rings. The predicted molar refractivity (Wildman–Crippen MR) is 52.4 cm³/mol. The number of hydrogen-bond acceptors (Lipinski definition) is 0. The lowest BCUT2D eigenvalue weighted by Crippen LogP contribution is -1.86. The summed E-state index contributed by atoms with van der Waals surface area (Å²) in [5.74, 6) is 0. The summed E-state index contributed by atoms with van der Waals surface area (Å²) < 4.78 is 2.17. The first kappa shape index (κ1) is 7.41. The second kappa shape index (κ2) is 2.37. The molecule has 0 fully saturated rings. The van der Waals surface area contributed by atoms with Crippen LogP contribution in [0.4, 0.5) is 0 Å². The molecular formula is C11H13N. The maximum absolute atomic E-state index is 2.24. The van der Waals surface area contributed by atoms with E-state index in [1.807, 2.05) is 0 Å². The van der Waals surface area contributed by atoms with Crippen LogP contribution in [0, 0.1) is 13.8 Å². The lowest BCUT2D eigenvalue weighted by molar-refractivity contribution is 0.889. The van der Waals surface area contributed by atoms with Crippen molar-refractivity contribution in [2.75, 3.05) is 0 Å². The van der Waals surface area contributed by atoms with Crippen LogP contribution in [-0.2, 0) is 7.05 Å². The molecule has 0 amide bonds. The highest BCUT2D eigenvalue weighted by Gasteiger charge is 2.01. The summed E-state index contributed by atoms with van der Waals surface area (Å²) in [5.41, 5.74) is 2.67. The van der Waals surface area contributed by atoms with Crippen LogP contribution in [0.1, 0.15) is 11.3 Å². The van der Waals surface area contributed by atoms with Gasteiger partial charge >= 0.3 is 0 Å². The van der Waals surface area contributed by atoms with Crippen LogP contribution in [0.3, 0.4) is 0 Å². The van der Waals surface area contributed by atoms with Gasteiger partial charge in [0.1, 0.15) is 0 Å². The average Bonchev–Trinajstić information content (AvgIpc) is 2.31. The third-order valence-corrected chi connectivity index (χ3v) is 2.46. The minimum absolute atomic E-state index is 1.33. The Morgan fingerprint density at radius 3 is 2.67 bits per heavy atom. The largest absolute Gasteiger partial charge is 0.353 e. The molecule has 0 spiro atoms. The zero-order chi connectivity index (χ0) is 8.72. The maximum Gasteiger partial charge on any atom is 0.0219 e. The van der Waals surface area contributed by atoms with Gasteiger partial charge in [0.25, 0.3) is 0 Å². The van der Waals surface area contributed by atoms with Gasteiger partial charge in [-0.3, -0.25) is 0 Å². The first-order chi connectivity index (χ1) is 5.68. The number of nitrogens with zero attached hydrogens (tertiary/aromatic N) is 1. The summed E-state index contributed by atoms with van der Waals surface area (Å²) in [4.78, 5) is 0. The second-order valence-corrected chi connectivity index (χ2v) is 3.42. The van der Waals surface area contributed by atoms with Crippen molar-refractivity contribution in [1.29, 1.82) is 0 Å². The van der Waals surface area contributed by atoms with Crippen molar-refractivity contribution in [3.8, 4) is 0 Å². The third kappa shape index (κ3) is 0.934. The van der Waals surface area contributed by atoms with Gasteiger partial charge in [-0.05, 0) is 25.3 Å². The van der Waals surface area contributed by atoms with Gasteiger partial charge in [-0.2, -0.15) is 0 Å². The van der Waals surface area contributed by atoms with E-state index in [1.165, 1.54) is 22.0 Å². The van der Waals surface area contributed by atoms with E-state index in [1.54, 1.807) is 0 Å². The topological polar surface area (TPSA) is 4.93 Å². The van der Waals surface area contributed by atoms with Crippen molar-refractivity contribution >= 4 is 10.8 Å². The SMILES string of the molecule is Cc1ccc2cn(C)c(C)c2c1. The molecule has 0 radical (unpaired) electrons. The number of hydrogen-bond donors (Lipinski definition) is 0. The molecule has 1 aromatic heterocycles. The predicted octanol–water partition coefficient (Wildman–Crippen LogP) is 2.80. The quantitative estimate of drug-likeness (QED) is 0.557. The molecule has 0 saturated carbocycles. The van der Waals surface area contributed by atoms with Crippen molar-refractivity contribution in [3.63, 3.8) is 0 Å². The first-order valence-corrected chi connectivity index (χ1v) is 4.21. The molecule has 1 heteroatoms. The van der Waals surface area contributed by atoms with Crippen LogP contribution >= 0.6 is 0 Å². The van der Waals surface area contributed by atoms with Gasteiger partial charge in [-0.1, -0.05) is 17.7 Å². The third-order valence-electron chi connectivity index (χ3n) is 2.46. The Kier molecular flexibility index (Phi) is 1.47. The van der Waals surface area contributed by atoms with Gasteiger partial charge < -0.3 is 4.57 Å². The molecule has 1 nitrogen and oxygen atoms in total. The minimum atomic E-state index is 1.33. The number of aryl methyl sites for hydroxylation is 3.